The molecule has 1 aromatic heterocycles. The molecule has 1 aliphatic heterocycles. The van der Waals surface area contributed by atoms with Crippen LogP contribution in [0.25, 0.3) is 0 Å². The summed E-state index contributed by atoms with van der Waals surface area (Å²) < 4.78 is 0. The van der Waals surface area contributed by atoms with E-state index in [1.54, 1.807) is 6.20 Å². The van der Waals surface area contributed by atoms with Crippen LogP contribution in [0.1, 0.15) is 41.9 Å². The van der Waals surface area contributed by atoms with E-state index >= 15 is 0 Å². The van der Waals surface area contributed by atoms with Gasteiger partial charge in [-0.1, -0.05) is 30.8 Å². The van der Waals surface area contributed by atoms with Gasteiger partial charge in [-0.15, -0.1) is 0 Å². The number of rotatable bonds is 2. The number of nitrogens with zero attached hydrogens (tertiary/aromatic N) is 1. The molecule has 1 aliphatic carbocycles. The molecule has 1 amide bonds. The van der Waals surface area contributed by atoms with Crippen molar-refractivity contribution < 1.29 is 4.79 Å². The molecule has 0 saturated carbocycles. The van der Waals surface area contributed by atoms with E-state index in [0.29, 0.717) is 0 Å². The molecule has 2 aliphatic rings. The van der Waals surface area contributed by atoms with Gasteiger partial charge in [-0.05, 0) is 54.9 Å². The lowest BCUT2D eigenvalue weighted by atomic mass is 9.82. The number of allylic oxidation sites excluding steroid dienone is 1. The van der Waals surface area contributed by atoms with E-state index in [9.17, 15) is 4.79 Å². The van der Waals surface area contributed by atoms with Crippen LogP contribution < -0.4 is 10.6 Å². The Hall–Kier alpha value is -2.62. The number of fused-ring (bicyclic) bond motifs is 2. The normalized spacial score (nSPS) is 19.0. The zero-order valence-electron chi connectivity index (χ0n) is 13.6. The largest absolute Gasteiger partial charge is 0.344 e. The van der Waals surface area contributed by atoms with Gasteiger partial charge in [0.25, 0.3) is 0 Å². The Morgan fingerprint density at radius 3 is 3.00 bits per heavy atom. The highest BCUT2D eigenvalue weighted by atomic mass is 16.1. The van der Waals surface area contributed by atoms with E-state index in [1.165, 1.54) is 11.1 Å². The number of aromatic nitrogens is 1. The quantitative estimate of drug-likeness (QED) is 0.879. The lowest BCUT2D eigenvalue weighted by Crippen LogP contribution is -2.25. The number of nitrogens with one attached hydrogen (secondary N) is 2. The first-order chi connectivity index (χ1) is 11.7. The number of amides is 1. The van der Waals surface area contributed by atoms with E-state index in [1.807, 2.05) is 18.2 Å². The van der Waals surface area contributed by atoms with E-state index in [4.69, 9.17) is 0 Å². The van der Waals surface area contributed by atoms with Crippen LogP contribution in [0.5, 0.6) is 0 Å². The van der Waals surface area contributed by atoms with E-state index in [0.717, 1.165) is 54.9 Å². The van der Waals surface area contributed by atoms with E-state index in [-0.39, 0.29) is 11.8 Å². The number of hydrogen-bond donors (Lipinski definition) is 2. The summed E-state index contributed by atoms with van der Waals surface area (Å²) in [5, 5.41) is 6.26. The maximum Gasteiger partial charge on any atom is 0.231 e. The van der Waals surface area contributed by atoms with Crippen LogP contribution in [-0.2, 0) is 17.6 Å². The van der Waals surface area contributed by atoms with Gasteiger partial charge in [-0.2, -0.15) is 0 Å². The Morgan fingerprint density at radius 1 is 1.21 bits per heavy atom. The molecule has 0 bridgehead atoms. The number of anilines is 2. The maximum atomic E-state index is 12.8. The Balaban J connectivity index is 1.54. The Labute approximate surface area is 142 Å². The first-order valence-electron chi connectivity index (χ1n) is 8.53. The van der Waals surface area contributed by atoms with Gasteiger partial charge in [0, 0.05) is 5.70 Å². The third-order valence-electron chi connectivity index (χ3n) is 4.91. The fourth-order valence-corrected chi connectivity index (χ4v) is 3.65. The molecule has 0 saturated heterocycles. The molecule has 4 rings (SSSR count). The van der Waals surface area contributed by atoms with Crippen molar-refractivity contribution in [3.05, 3.63) is 65.5 Å². The van der Waals surface area contributed by atoms with Gasteiger partial charge >= 0.3 is 0 Å². The highest BCUT2D eigenvalue weighted by Gasteiger charge is 2.26. The van der Waals surface area contributed by atoms with Crippen molar-refractivity contribution in [1.82, 2.24) is 4.98 Å². The average molecular weight is 319 g/mol. The van der Waals surface area contributed by atoms with E-state index in [2.05, 4.69) is 34.3 Å². The second kappa shape index (κ2) is 6.11. The third-order valence-corrected chi connectivity index (χ3v) is 4.91. The molecular weight excluding hydrogens is 298 g/mol. The highest BCUT2D eigenvalue weighted by Crippen LogP contribution is 2.33. The molecule has 4 nitrogen and oxygen atoms in total. The minimum Gasteiger partial charge on any atom is -0.344 e. The smallest absolute Gasteiger partial charge is 0.231 e. The number of carbonyl (C=O) groups is 1. The van der Waals surface area contributed by atoms with Crippen molar-refractivity contribution in [2.75, 3.05) is 10.6 Å². The van der Waals surface area contributed by atoms with Gasteiger partial charge in [0.15, 0.2) is 0 Å². The maximum absolute atomic E-state index is 12.8. The summed E-state index contributed by atoms with van der Waals surface area (Å²) in [7, 11) is 0. The fraction of sp³-hybridized carbons (Fsp3) is 0.300. The number of benzene rings is 1. The van der Waals surface area contributed by atoms with Crippen LogP contribution in [-0.4, -0.2) is 10.9 Å². The van der Waals surface area contributed by atoms with Crippen LogP contribution >= 0.6 is 0 Å². The monoisotopic (exact) mass is 319 g/mol. The summed E-state index contributed by atoms with van der Waals surface area (Å²) in [6.45, 7) is 3.95. The third kappa shape index (κ3) is 2.80. The molecule has 0 fully saturated rings. The second-order valence-electron chi connectivity index (χ2n) is 6.59. The molecule has 4 heteroatoms. The zero-order chi connectivity index (χ0) is 16.5. The number of aryl methyl sites for hydroxylation is 2. The lowest BCUT2D eigenvalue weighted by molar-refractivity contribution is -0.117. The predicted octanol–water partition coefficient (Wildman–Crippen LogP) is 4.01. The summed E-state index contributed by atoms with van der Waals surface area (Å²) in [6.07, 6.45) is 6.56. The van der Waals surface area contributed by atoms with E-state index < -0.39 is 0 Å². The minimum absolute atomic E-state index is 0.0658. The number of pyridine rings is 1. The molecule has 122 valence electrons. The van der Waals surface area contributed by atoms with Crippen molar-refractivity contribution in [2.24, 2.45) is 0 Å². The van der Waals surface area contributed by atoms with Gasteiger partial charge in [-0.3, -0.25) is 4.79 Å². The molecule has 0 radical (unpaired) electrons. The van der Waals surface area contributed by atoms with Crippen LogP contribution in [0.3, 0.4) is 0 Å². The van der Waals surface area contributed by atoms with Crippen LogP contribution in [0, 0.1) is 0 Å². The molecular formula is C20H21N3O. The van der Waals surface area contributed by atoms with Gasteiger partial charge in [0.05, 0.1) is 17.8 Å². The molecule has 2 N–H and O–H groups in total. The van der Waals surface area contributed by atoms with Crippen LogP contribution in [0.15, 0.2) is 48.8 Å². The van der Waals surface area contributed by atoms with Gasteiger partial charge in [-0.25, -0.2) is 4.98 Å². The number of carbonyl (C=O) groups excluding carboxylic acids is 1. The summed E-state index contributed by atoms with van der Waals surface area (Å²) in [5.41, 5.74) is 5.37. The molecule has 24 heavy (non-hydrogen) atoms. The second-order valence-corrected chi connectivity index (χ2v) is 6.59. The van der Waals surface area contributed by atoms with Gasteiger partial charge in [0.2, 0.25) is 5.91 Å². The fourth-order valence-electron chi connectivity index (χ4n) is 3.65. The van der Waals surface area contributed by atoms with Crippen molar-refractivity contribution in [2.45, 2.75) is 38.0 Å². The SMILES string of the molecule is C=C1CCc2cc(NC(=O)C3CCCc4ccccc43)cnc2N1. The van der Waals surface area contributed by atoms with Crippen LogP contribution in [0.4, 0.5) is 11.5 Å². The average Bonchev–Trinajstić information content (AvgIpc) is 2.61. The topological polar surface area (TPSA) is 54.0 Å². The molecule has 2 aromatic rings. The first kappa shape index (κ1) is 14.9. The van der Waals surface area contributed by atoms with Crippen LogP contribution in [0.2, 0.25) is 0 Å². The van der Waals surface area contributed by atoms with Gasteiger partial charge < -0.3 is 10.6 Å². The summed E-state index contributed by atoms with van der Waals surface area (Å²) in [5.74, 6) is 0.855. The molecule has 1 aromatic carbocycles. The summed E-state index contributed by atoms with van der Waals surface area (Å²) >= 11 is 0. The lowest BCUT2D eigenvalue weighted by Gasteiger charge is -2.25. The molecule has 1 atom stereocenters. The Kier molecular flexibility index (Phi) is 3.81. The predicted molar refractivity (Wildman–Crippen MR) is 96.1 cm³/mol. The molecule has 1 unspecified atom stereocenters. The Bertz CT molecular complexity index is 812. The van der Waals surface area contributed by atoms with Crippen molar-refractivity contribution in [1.29, 1.82) is 0 Å². The van der Waals surface area contributed by atoms with Crippen molar-refractivity contribution >= 4 is 17.4 Å². The highest BCUT2D eigenvalue weighted by molar-refractivity contribution is 5.96. The summed E-state index contributed by atoms with van der Waals surface area (Å²) in [6, 6.07) is 10.3. The molecule has 0 spiro atoms. The zero-order valence-corrected chi connectivity index (χ0v) is 13.6. The molecule has 2 heterocycles. The van der Waals surface area contributed by atoms with Gasteiger partial charge in [0.1, 0.15) is 5.82 Å². The van der Waals surface area contributed by atoms with Crippen molar-refractivity contribution in [3.63, 3.8) is 0 Å². The standard InChI is InChI=1S/C20H21N3O/c1-13-9-10-15-11-16(12-21-19(15)22-13)23-20(24)18-8-4-6-14-5-2-3-7-17(14)18/h2-3,5,7,11-12,18H,1,4,6,8-10H2,(H,21,22)(H,23,24). The summed E-state index contributed by atoms with van der Waals surface area (Å²) in [4.78, 5) is 17.2. The van der Waals surface area contributed by atoms with Crippen molar-refractivity contribution in [3.8, 4) is 0 Å². The first-order valence-corrected chi connectivity index (χ1v) is 8.53. The minimum atomic E-state index is -0.0658. The number of hydrogen-bond acceptors (Lipinski definition) is 3. The Morgan fingerprint density at radius 2 is 2.08 bits per heavy atom.